The Morgan fingerprint density at radius 1 is 1.56 bits per heavy atom. The first-order valence-electron chi connectivity index (χ1n) is 5.19. The van der Waals surface area contributed by atoms with Crippen molar-refractivity contribution in [3.63, 3.8) is 0 Å². The number of hydrogen-bond acceptors (Lipinski definition) is 3. The van der Waals surface area contributed by atoms with E-state index in [1.54, 1.807) is 0 Å². The summed E-state index contributed by atoms with van der Waals surface area (Å²) >= 11 is 0. The molecule has 0 bridgehead atoms. The highest BCUT2D eigenvalue weighted by Gasteiger charge is 2.07. The van der Waals surface area contributed by atoms with Gasteiger partial charge >= 0.3 is 0 Å². The molecule has 4 nitrogen and oxygen atoms in total. The van der Waals surface area contributed by atoms with Gasteiger partial charge in [-0.3, -0.25) is 0 Å². The molecule has 0 radical (unpaired) electrons. The van der Waals surface area contributed by atoms with E-state index in [1.807, 2.05) is 42.8 Å². The number of fused-ring (bicyclic) bond motifs is 1. The van der Waals surface area contributed by atoms with Gasteiger partial charge in [-0.05, 0) is 24.6 Å². The molecule has 2 aromatic rings. The quantitative estimate of drug-likeness (QED) is 0.818. The highest BCUT2D eigenvalue weighted by atomic mass is 15.0. The maximum absolute atomic E-state index is 8.66. The highest BCUT2D eigenvalue weighted by molar-refractivity contribution is 5.76. The van der Waals surface area contributed by atoms with E-state index in [-0.39, 0.29) is 0 Å². The normalized spacial score (nSPS) is 12.6. The SMILES string of the molecule is Cc1nc2cc(CC(N)C#N)ccc2n1C. The molecule has 82 valence electrons. The van der Waals surface area contributed by atoms with E-state index in [1.165, 1.54) is 0 Å². The van der Waals surface area contributed by atoms with Crippen molar-refractivity contribution in [3.05, 3.63) is 29.6 Å². The number of aromatic nitrogens is 2. The first-order chi connectivity index (χ1) is 7.61. The molecule has 0 fully saturated rings. The van der Waals surface area contributed by atoms with E-state index in [9.17, 15) is 0 Å². The lowest BCUT2D eigenvalue weighted by Gasteiger charge is -2.03. The Kier molecular flexibility index (Phi) is 2.63. The van der Waals surface area contributed by atoms with Crippen LogP contribution in [0.15, 0.2) is 18.2 Å². The third kappa shape index (κ3) is 1.77. The summed E-state index contributed by atoms with van der Waals surface area (Å²) in [5, 5.41) is 8.66. The van der Waals surface area contributed by atoms with Crippen molar-refractivity contribution < 1.29 is 0 Å². The Morgan fingerprint density at radius 3 is 3.00 bits per heavy atom. The van der Waals surface area contributed by atoms with Crippen molar-refractivity contribution in [1.29, 1.82) is 5.26 Å². The summed E-state index contributed by atoms with van der Waals surface area (Å²) in [6.07, 6.45) is 0.571. The molecule has 2 N–H and O–H groups in total. The molecule has 1 unspecified atom stereocenters. The molecule has 1 heterocycles. The summed E-state index contributed by atoms with van der Waals surface area (Å²) in [5.41, 5.74) is 8.72. The molecule has 0 saturated heterocycles. The summed E-state index contributed by atoms with van der Waals surface area (Å²) in [7, 11) is 1.99. The summed E-state index contributed by atoms with van der Waals surface area (Å²) < 4.78 is 2.04. The van der Waals surface area contributed by atoms with Crippen LogP contribution < -0.4 is 5.73 Å². The summed E-state index contributed by atoms with van der Waals surface area (Å²) in [4.78, 5) is 4.45. The van der Waals surface area contributed by atoms with Crippen LogP contribution in [0.5, 0.6) is 0 Å². The fourth-order valence-electron chi connectivity index (χ4n) is 1.79. The molecule has 4 heteroatoms. The smallest absolute Gasteiger partial charge is 0.106 e. The fraction of sp³-hybridized carbons (Fsp3) is 0.333. The number of nitrogens with two attached hydrogens (primary N) is 1. The third-order valence-corrected chi connectivity index (χ3v) is 2.79. The maximum atomic E-state index is 8.66. The molecule has 0 spiro atoms. The lowest BCUT2D eigenvalue weighted by Crippen LogP contribution is -2.19. The Balaban J connectivity index is 2.42. The number of benzene rings is 1. The Hall–Kier alpha value is -1.86. The van der Waals surface area contributed by atoms with Gasteiger partial charge in [-0.15, -0.1) is 0 Å². The van der Waals surface area contributed by atoms with Crippen molar-refractivity contribution in [2.24, 2.45) is 12.8 Å². The van der Waals surface area contributed by atoms with Gasteiger partial charge in [0.25, 0.3) is 0 Å². The molecule has 0 aliphatic heterocycles. The predicted molar refractivity (Wildman–Crippen MR) is 62.7 cm³/mol. The van der Waals surface area contributed by atoms with E-state index >= 15 is 0 Å². The number of rotatable bonds is 2. The molecule has 0 amide bonds. The van der Waals surface area contributed by atoms with Gasteiger partial charge in [0.2, 0.25) is 0 Å². The van der Waals surface area contributed by atoms with Crippen LogP contribution in [0.4, 0.5) is 0 Å². The molecule has 1 aromatic carbocycles. The summed E-state index contributed by atoms with van der Waals surface area (Å²) in [6.45, 7) is 1.97. The van der Waals surface area contributed by atoms with E-state index in [0.29, 0.717) is 6.42 Å². The second-order valence-electron chi connectivity index (χ2n) is 3.98. The van der Waals surface area contributed by atoms with Crippen LogP contribution in [0.3, 0.4) is 0 Å². The van der Waals surface area contributed by atoms with Gasteiger partial charge in [0, 0.05) is 13.5 Å². The topological polar surface area (TPSA) is 67.6 Å². The molecule has 1 atom stereocenters. The molecule has 1 aromatic heterocycles. The number of hydrogen-bond donors (Lipinski definition) is 1. The molecule has 16 heavy (non-hydrogen) atoms. The van der Waals surface area contributed by atoms with Crippen LogP contribution in [0, 0.1) is 18.3 Å². The number of imidazole rings is 1. The van der Waals surface area contributed by atoms with Gasteiger partial charge in [-0.25, -0.2) is 4.98 Å². The Morgan fingerprint density at radius 2 is 2.31 bits per heavy atom. The second-order valence-corrected chi connectivity index (χ2v) is 3.98. The van der Waals surface area contributed by atoms with Gasteiger partial charge < -0.3 is 10.3 Å². The van der Waals surface area contributed by atoms with Gasteiger partial charge in [0.1, 0.15) is 5.82 Å². The zero-order valence-electron chi connectivity index (χ0n) is 9.44. The highest BCUT2D eigenvalue weighted by Crippen LogP contribution is 2.16. The minimum Gasteiger partial charge on any atom is -0.331 e. The molecule has 2 rings (SSSR count). The third-order valence-electron chi connectivity index (χ3n) is 2.79. The molecular formula is C12H14N4. The minimum atomic E-state index is -0.442. The number of nitrogens with zero attached hydrogens (tertiary/aromatic N) is 3. The van der Waals surface area contributed by atoms with Crippen LogP contribution in [0.25, 0.3) is 11.0 Å². The first-order valence-corrected chi connectivity index (χ1v) is 5.19. The first kappa shape index (κ1) is 10.7. The predicted octanol–water partition coefficient (Wildman–Crippen LogP) is 1.28. The monoisotopic (exact) mass is 214 g/mol. The molecule has 0 aliphatic carbocycles. The lowest BCUT2D eigenvalue weighted by atomic mass is 10.1. The van der Waals surface area contributed by atoms with E-state index in [2.05, 4.69) is 4.98 Å². The van der Waals surface area contributed by atoms with Crippen molar-refractivity contribution in [2.75, 3.05) is 0 Å². The molecular weight excluding hydrogens is 200 g/mol. The fourth-order valence-corrected chi connectivity index (χ4v) is 1.79. The summed E-state index contributed by atoms with van der Waals surface area (Å²) in [5.74, 6) is 0.983. The number of nitriles is 1. The number of aryl methyl sites for hydroxylation is 2. The summed E-state index contributed by atoms with van der Waals surface area (Å²) in [6, 6.07) is 7.61. The average molecular weight is 214 g/mol. The standard InChI is InChI=1S/C12H14N4/c1-8-15-11-6-9(5-10(14)7-13)3-4-12(11)16(8)2/h3-4,6,10H,5,14H2,1-2H3. The van der Waals surface area contributed by atoms with E-state index < -0.39 is 6.04 Å². The van der Waals surface area contributed by atoms with Gasteiger partial charge in [-0.2, -0.15) is 5.26 Å². The molecule has 0 aliphatic rings. The average Bonchev–Trinajstić information content (AvgIpc) is 2.54. The van der Waals surface area contributed by atoms with Crippen LogP contribution in [0.1, 0.15) is 11.4 Å². The zero-order valence-corrected chi connectivity index (χ0v) is 9.44. The van der Waals surface area contributed by atoms with Crippen LogP contribution in [-0.4, -0.2) is 15.6 Å². The zero-order chi connectivity index (χ0) is 11.7. The lowest BCUT2D eigenvalue weighted by molar-refractivity contribution is 0.824. The van der Waals surface area contributed by atoms with Crippen molar-refractivity contribution >= 4 is 11.0 Å². The van der Waals surface area contributed by atoms with Crippen LogP contribution in [-0.2, 0) is 13.5 Å². The van der Waals surface area contributed by atoms with Crippen molar-refractivity contribution in [1.82, 2.24) is 9.55 Å². The van der Waals surface area contributed by atoms with Crippen molar-refractivity contribution in [2.45, 2.75) is 19.4 Å². The van der Waals surface area contributed by atoms with Crippen LogP contribution in [0.2, 0.25) is 0 Å². The Labute approximate surface area is 94.3 Å². The largest absolute Gasteiger partial charge is 0.331 e. The second kappa shape index (κ2) is 3.95. The van der Waals surface area contributed by atoms with Gasteiger partial charge in [0.15, 0.2) is 0 Å². The van der Waals surface area contributed by atoms with Gasteiger partial charge in [0.05, 0.1) is 23.1 Å². The van der Waals surface area contributed by atoms with E-state index in [0.717, 1.165) is 22.4 Å². The van der Waals surface area contributed by atoms with Crippen LogP contribution >= 0.6 is 0 Å². The van der Waals surface area contributed by atoms with Gasteiger partial charge in [-0.1, -0.05) is 6.07 Å². The molecule has 0 saturated carbocycles. The maximum Gasteiger partial charge on any atom is 0.106 e. The van der Waals surface area contributed by atoms with E-state index in [4.69, 9.17) is 11.0 Å². The Bertz CT molecular complexity index is 562. The minimum absolute atomic E-state index is 0.442. The van der Waals surface area contributed by atoms with Crippen molar-refractivity contribution in [3.8, 4) is 6.07 Å².